The van der Waals surface area contributed by atoms with Crippen molar-refractivity contribution in [1.29, 1.82) is 0 Å². The molecular weight excluding hydrogens is 440 g/mol. The molecule has 5 rings (SSSR count). The zero-order valence-corrected chi connectivity index (χ0v) is 20.6. The number of aromatic hydroxyl groups is 1. The van der Waals surface area contributed by atoms with E-state index in [0.717, 1.165) is 11.4 Å². The summed E-state index contributed by atoms with van der Waals surface area (Å²) in [7, 11) is 0. The predicted octanol–water partition coefficient (Wildman–Crippen LogP) is 5.99. The Labute approximate surface area is 205 Å². The average molecular weight is 469 g/mol. The highest BCUT2D eigenvalue weighted by molar-refractivity contribution is 7.80. The number of benzene rings is 2. The Balaban J connectivity index is 1.70. The van der Waals surface area contributed by atoms with Crippen molar-refractivity contribution in [2.75, 3.05) is 4.90 Å². The van der Waals surface area contributed by atoms with Crippen LogP contribution in [0.5, 0.6) is 5.75 Å². The van der Waals surface area contributed by atoms with Gasteiger partial charge in [-0.05, 0) is 105 Å². The van der Waals surface area contributed by atoms with E-state index in [9.17, 15) is 5.11 Å². The van der Waals surface area contributed by atoms with Gasteiger partial charge >= 0.3 is 0 Å². The van der Waals surface area contributed by atoms with Crippen LogP contribution in [0.15, 0.2) is 72.9 Å². The molecular formula is C28H28N4OS. The molecule has 0 bridgehead atoms. The molecule has 2 aromatic heterocycles. The van der Waals surface area contributed by atoms with Gasteiger partial charge in [0.2, 0.25) is 0 Å². The lowest BCUT2D eigenvalue weighted by Crippen LogP contribution is -2.29. The number of thiocarbonyl (C=S) groups is 1. The third-order valence-corrected chi connectivity index (χ3v) is 7.15. The number of rotatable bonds is 4. The van der Waals surface area contributed by atoms with E-state index in [0.29, 0.717) is 5.11 Å². The molecule has 0 saturated carbocycles. The minimum atomic E-state index is -0.116. The maximum atomic E-state index is 9.86. The first kappa shape index (κ1) is 22.2. The molecule has 5 nitrogen and oxygen atoms in total. The van der Waals surface area contributed by atoms with Crippen molar-refractivity contribution in [3.05, 3.63) is 107 Å². The van der Waals surface area contributed by atoms with Gasteiger partial charge in [-0.3, -0.25) is 4.98 Å². The second-order valence-electron chi connectivity index (χ2n) is 8.89. The molecule has 0 spiro atoms. The van der Waals surface area contributed by atoms with Gasteiger partial charge in [0.05, 0.1) is 17.8 Å². The summed E-state index contributed by atoms with van der Waals surface area (Å²) in [6.45, 7) is 8.65. The lowest BCUT2D eigenvalue weighted by Gasteiger charge is -2.28. The van der Waals surface area contributed by atoms with Gasteiger partial charge in [0, 0.05) is 29.0 Å². The third-order valence-electron chi connectivity index (χ3n) is 6.83. The van der Waals surface area contributed by atoms with Gasteiger partial charge in [0.1, 0.15) is 5.75 Å². The SMILES string of the molecule is Cc1cccc(-n2c(C)cc([C@@H]3[C@@H](c4ccccn4)NC(=S)N3c3ccc(O)cc3)c2C)c1C. The molecule has 0 amide bonds. The van der Waals surface area contributed by atoms with E-state index >= 15 is 0 Å². The van der Waals surface area contributed by atoms with Crippen molar-refractivity contribution in [3.8, 4) is 11.4 Å². The number of phenols is 1. The van der Waals surface area contributed by atoms with E-state index in [1.54, 1.807) is 12.1 Å². The Hall–Kier alpha value is -3.64. The Morgan fingerprint density at radius 1 is 0.941 bits per heavy atom. The van der Waals surface area contributed by atoms with E-state index in [4.69, 9.17) is 12.2 Å². The van der Waals surface area contributed by atoms with Crippen LogP contribution >= 0.6 is 12.2 Å². The predicted molar refractivity (Wildman–Crippen MR) is 141 cm³/mol. The number of aryl methyl sites for hydroxylation is 2. The van der Waals surface area contributed by atoms with Gasteiger partial charge in [-0.25, -0.2) is 0 Å². The van der Waals surface area contributed by atoms with Crippen molar-refractivity contribution < 1.29 is 5.11 Å². The van der Waals surface area contributed by atoms with Crippen molar-refractivity contribution in [3.63, 3.8) is 0 Å². The summed E-state index contributed by atoms with van der Waals surface area (Å²) in [6, 6.07) is 21.7. The molecule has 0 radical (unpaired) electrons. The smallest absolute Gasteiger partial charge is 0.174 e. The van der Waals surface area contributed by atoms with Crippen LogP contribution in [0.4, 0.5) is 5.69 Å². The van der Waals surface area contributed by atoms with Gasteiger partial charge in [-0.2, -0.15) is 0 Å². The van der Waals surface area contributed by atoms with Crippen molar-refractivity contribution >= 4 is 23.0 Å². The van der Waals surface area contributed by atoms with Gasteiger partial charge in [0.15, 0.2) is 5.11 Å². The Kier molecular flexibility index (Phi) is 5.62. The molecule has 1 saturated heterocycles. The molecule has 1 aliphatic heterocycles. The van der Waals surface area contributed by atoms with Crippen LogP contribution < -0.4 is 10.2 Å². The van der Waals surface area contributed by atoms with Gasteiger partial charge in [0.25, 0.3) is 0 Å². The summed E-state index contributed by atoms with van der Waals surface area (Å²) < 4.78 is 2.34. The summed E-state index contributed by atoms with van der Waals surface area (Å²) >= 11 is 5.84. The quantitative estimate of drug-likeness (QED) is 0.361. The highest BCUT2D eigenvalue weighted by Crippen LogP contribution is 2.44. The second-order valence-corrected chi connectivity index (χ2v) is 9.28. The Bertz CT molecular complexity index is 1360. The van der Waals surface area contributed by atoms with Crippen LogP contribution in [0.3, 0.4) is 0 Å². The maximum Gasteiger partial charge on any atom is 0.174 e. The number of nitrogens with one attached hydrogen (secondary N) is 1. The van der Waals surface area contributed by atoms with Crippen LogP contribution in [0.2, 0.25) is 0 Å². The van der Waals surface area contributed by atoms with Crippen molar-refractivity contribution in [2.24, 2.45) is 0 Å². The van der Waals surface area contributed by atoms with Gasteiger partial charge in [-0.15, -0.1) is 0 Å². The van der Waals surface area contributed by atoms with Crippen LogP contribution in [0.25, 0.3) is 5.69 Å². The fourth-order valence-electron chi connectivity index (χ4n) is 5.00. The number of hydrogen-bond acceptors (Lipinski definition) is 3. The largest absolute Gasteiger partial charge is 0.508 e. The summed E-state index contributed by atoms with van der Waals surface area (Å²) in [5.74, 6) is 0.229. The zero-order chi connectivity index (χ0) is 24.0. The van der Waals surface area contributed by atoms with Crippen LogP contribution in [0.1, 0.15) is 45.9 Å². The molecule has 1 aliphatic rings. The molecule has 2 N–H and O–H groups in total. The normalized spacial score (nSPS) is 17.8. The Morgan fingerprint density at radius 2 is 1.71 bits per heavy atom. The van der Waals surface area contributed by atoms with E-state index in [1.807, 2.05) is 36.5 Å². The second kappa shape index (κ2) is 8.61. The van der Waals surface area contributed by atoms with E-state index in [1.165, 1.54) is 33.8 Å². The molecule has 172 valence electrons. The average Bonchev–Trinajstić information content (AvgIpc) is 3.32. The van der Waals surface area contributed by atoms with E-state index in [2.05, 4.69) is 71.7 Å². The van der Waals surface area contributed by atoms with E-state index in [-0.39, 0.29) is 17.8 Å². The summed E-state index contributed by atoms with van der Waals surface area (Å²) in [5, 5.41) is 14.0. The van der Waals surface area contributed by atoms with Crippen LogP contribution in [-0.4, -0.2) is 19.8 Å². The maximum absolute atomic E-state index is 9.86. The Morgan fingerprint density at radius 3 is 2.41 bits per heavy atom. The zero-order valence-electron chi connectivity index (χ0n) is 19.8. The van der Waals surface area contributed by atoms with Crippen LogP contribution in [0, 0.1) is 27.7 Å². The monoisotopic (exact) mass is 468 g/mol. The number of anilines is 1. The standard InChI is InChI=1S/C28H28N4OS/c1-17-8-7-10-25(19(17)3)31-18(2)16-23(20(31)4)27-26(24-9-5-6-15-29-24)30-28(34)32(27)21-11-13-22(33)14-12-21/h5-16,26-27,33H,1-4H3,(H,30,34)/t26-,27-/m1/s1. The lowest BCUT2D eigenvalue weighted by molar-refractivity contribution is 0.475. The van der Waals surface area contributed by atoms with Crippen molar-refractivity contribution in [2.45, 2.75) is 39.8 Å². The molecule has 6 heteroatoms. The lowest BCUT2D eigenvalue weighted by atomic mass is 9.96. The molecule has 1 fully saturated rings. The van der Waals surface area contributed by atoms with Gasteiger partial charge < -0.3 is 19.9 Å². The number of hydrogen-bond donors (Lipinski definition) is 2. The number of phenolic OH excluding ortho intramolecular Hbond substituents is 1. The first-order valence-corrected chi connectivity index (χ1v) is 11.8. The molecule has 3 heterocycles. The fraction of sp³-hybridized carbons (Fsp3) is 0.214. The molecule has 34 heavy (non-hydrogen) atoms. The first-order valence-electron chi connectivity index (χ1n) is 11.4. The molecule has 0 unspecified atom stereocenters. The number of aromatic nitrogens is 2. The highest BCUT2D eigenvalue weighted by Gasteiger charge is 2.42. The number of pyridine rings is 1. The van der Waals surface area contributed by atoms with Gasteiger partial charge in [-0.1, -0.05) is 18.2 Å². The molecule has 2 atom stereocenters. The molecule has 2 aromatic carbocycles. The third kappa shape index (κ3) is 3.64. The summed E-state index contributed by atoms with van der Waals surface area (Å²) in [6.07, 6.45) is 1.82. The summed E-state index contributed by atoms with van der Waals surface area (Å²) in [5.41, 5.74) is 9.13. The summed E-state index contributed by atoms with van der Waals surface area (Å²) in [4.78, 5) is 6.80. The number of nitrogens with zero attached hydrogens (tertiary/aromatic N) is 3. The molecule has 4 aromatic rings. The van der Waals surface area contributed by atoms with E-state index < -0.39 is 0 Å². The molecule has 0 aliphatic carbocycles. The highest BCUT2D eigenvalue weighted by atomic mass is 32.1. The fourth-order valence-corrected chi connectivity index (χ4v) is 5.34. The minimum absolute atomic E-state index is 0.1000. The van der Waals surface area contributed by atoms with Crippen LogP contribution in [-0.2, 0) is 0 Å². The minimum Gasteiger partial charge on any atom is -0.508 e. The van der Waals surface area contributed by atoms with Crippen molar-refractivity contribution in [1.82, 2.24) is 14.9 Å². The topological polar surface area (TPSA) is 53.3 Å². The first-order chi connectivity index (χ1) is 16.4.